The lowest BCUT2D eigenvalue weighted by atomic mass is 9.91. The Kier molecular flexibility index (Phi) is 4.71. The Bertz CT molecular complexity index is 280. The third-order valence-corrected chi connectivity index (χ3v) is 1.60. The number of aliphatic carboxylic acids is 1. The molecule has 0 aromatic rings. The van der Waals surface area contributed by atoms with Crippen LogP contribution in [-0.4, -0.2) is 23.7 Å². The van der Waals surface area contributed by atoms with Crippen molar-refractivity contribution < 1.29 is 19.4 Å². The van der Waals surface area contributed by atoms with Crippen molar-refractivity contribution in [3.05, 3.63) is 0 Å². The van der Waals surface area contributed by atoms with Gasteiger partial charge in [-0.2, -0.15) is 0 Å². The summed E-state index contributed by atoms with van der Waals surface area (Å²) >= 11 is 0. The molecule has 0 bridgehead atoms. The molecule has 0 rings (SSSR count). The van der Waals surface area contributed by atoms with Crippen LogP contribution in [0.3, 0.4) is 0 Å². The van der Waals surface area contributed by atoms with Gasteiger partial charge in [-0.15, -0.1) is 5.92 Å². The molecule has 1 N–H and O–H groups in total. The molecule has 4 heteroatoms. The van der Waals surface area contributed by atoms with Crippen molar-refractivity contribution in [2.45, 2.75) is 27.2 Å². The Balaban J connectivity index is 3.89. The largest absolute Gasteiger partial charge is 0.473 e. The minimum absolute atomic E-state index is 0.0762. The molecular weight excluding hydrogens is 184 g/mol. The molecule has 0 heterocycles. The van der Waals surface area contributed by atoms with E-state index in [1.165, 1.54) is 0 Å². The van der Waals surface area contributed by atoms with Crippen LogP contribution < -0.4 is 0 Å². The van der Waals surface area contributed by atoms with Crippen molar-refractivity contribution in [2.24, 2.45) is 5.41 Å². The van der Waals surface area contributed by atoms with Crippen LogP contribution in [0.15, 0.2) is 0 Å². The van der Waals surface area contributed by atoms with Crippen LogP contribution >= 0.6 is 0 Å². The van der Waals surface area contributed by atoms with Crippen molar-refractivity contribution in [3.63, 3.8) is 0 Å². The van der Waals surface area contributed by atoms with E-state index >= 15 is 0 Å². The summed E-state index contributed by atoms with van der Waals surface area (Å²) < 4.78 is 4.48. The molecule has 0 aliphatic rings. The van der Waals surface area contributed by atoms with Crippen molar-refractivity contribution in [3.8, 4) is 11.8 Å². The van der Waals surface area contributed by atoms with E-state index in [1.54, 1.807) is 6.92 Å². The van der Waals surface area contributed by atoms with Gasteiger partial charge >= 0.3 is 11.9 Å². The third-order valence-electron chi connectivity index (χ3n) is 1.60. The minimum atomic E-state index is -1.57. The molecule has 4 nitrogen and oxygen atoms in total. The Hall–Kier alpha value is -1.50. The highest BCUT2D eigenvalue weighted by Gasteiger charge is 2.17. The SMILES string of the molecule is CC#CC(C)(C)CCOC(=O)C(=O)O. The molecule has 0 aromatic carbocycles. The van der Waals surface area contributed by atoms with Crippen LogP contribution in [0.5, 0.6) is 0 Å². The summed E-state index contributed by atoms with van der Waals surface area (Å²) in [4.78, 5) is 20.6. The maximum absolute atomic E-state index is 10.5. The van der Waals surface area contributed by atoms with Gasteiger partial charge in [-0.05, 0) is 27.2 Å². The molecule has 0 spiro atoms. The van der Waals surface area contributed by atoms with Crippen molar-refractivity contribution in [1.29, 1.82) is 0 Å². The number of carbonyl (C=O) groups is 2. The molecular formula is C10H14O4. The van der Waals surface area contributed by atoms with Gasteiger partial charge in [-0.3, -0.25) is 0 Å². The fraction of sp³-hybridized carbons (Fsp3) is 0.600. The van der Waals surface area contributed by atoms with Gasteiger partial charge < -0.3 is 9.84 Å². The van der Waals surface area contributed by atoms with E-state index in [1.807, 2.05) is 13.8 Å². The monoisotopic (exact) mass is 198 g/mol. The zero-order valence-corrected chi connectivity index (χ0v) is 8.59. The topological polar surface area (TPSA) is 63.6 Å². The van der Waals surface area contributed by atoms with Crippen molar-refractivity contribution >= 4 is 11.9 Å². The molecule has 0 fully saturated rings. The number of hydrogen-bond acceptors (Lipinski definition) is 3. The number of rotatable bonds is 3. The average molecular weight is 198 g/mol. The highest BCUT2D eigenvalue weighted by Crippen LogP contribution is 2.18. The van der Waals surface area contributed by atoms with Gasteiger partial charge in [-0.25, -0.2) is 9.59 Å². The van der Waals surface area contributed by atoms with Gasteiger partial charge in [0.05, 0.1) is 6.61 Å². The molecule has 78 valence electrons. The summed E-state index contributed by atoms with van der Waals surface area (Å²) in [5, 5.41) is 8.21. The molecule has 0 amide bonds. The molecule has 0 aliphatic heterocycles. The van der Waals surface area contributed by atoms with E-state index in [9.17, 15) is 9.59 Å². The molecule has 0 unspecified atom stereocenters. The molecule has 0 saturated heterocycles. The first kappa shape index (κ1) is 12.5. The summed E-state index contributed by atoms with van der Waals surface area (Å²) in [5.74, 6) is 2.92. The number of carbonyl (C=O) groups excluding carboxylic acids is 1. The highest BCUT2D eigenvalue weighted by molar-refractivity contribution is 6.28. The molecule has 0 aromatic heterocycles. The quantitative estimate of drug-likeness (QED) is 0.418. The molecule has 0 radical (unpaired) electrons. The fourth-order valence-corrected chi connectivity index (χ4v) is 0.862. The number of carboxylic acids is 1. The first-order chi connectivity index (χ1) is 6.39. The number of ether oxygens (including phenoxy) is 1. The highest BCUT2D eigenvalue weighted by atomic mass is 16.6. The normalized spacial score (nSPS) is 9.93. The number of hydrogen-bond donors (Lipinski definition) is 1. The predicted octanol–water partition coefficient (Wildman–Crippen LogP) is 1.05. The second-order valence-electron chi connectivity index (χ2n) is 3.45. The van der Waals surface area contributed by atoms with E-state index in [0.717, 1.165) is 0 Å². The van der Waals surface area contributed by atoms with Crippen LogP contribution in [0.2, 0.25) is 0 Å². The lowest BCUT2D eigenvalue weighted by molar-refractivity contribution is -0.164. The Morgan fingerprint density at radius 1 is 1.43 bits per heavy atom. The third kappa shape index (κ3) is 5.20. The minimum Gasteiger partial charge on any atom is -0.473 e. The van der Waals surface area contributed by atoms with Gasteiger partial charge in [0, 0.05) is 5.41 Å². The van der Waals surface area contributed by atoms with Crippen LogP contribution in [0.1, 0.15) is 27.2 Å². The van der Waals surface area contributed by atoms with Crippen LogP contribution in [0.25, 0.3) is 0 Å². The number of carboxylic acid groups (broad SMARTS) is 1. The first-order valence-electron chi connectivity index (χ1n) is 4.23. The second-order valence-corrected chi connectivity index (χ2v) is 3.45. The molecule has 0 atom stereocenters. The molecule has 14 heavy (non-hydrogen) atoms. The van der Waals surface area contributed by atoms with Gasteiger partial charge in [0.15, 0.2) is 0 Å². The summed E-state index contributed by atoms with van der Waals surface area (Å²) in [6.07, 6.45) is 0.521. The Labute approximate surface area is 83.3 Å². The summed E-state index contributed by atoms with van der Waals surface area (Å²) in [6, 6.07) is 0. The smallest absolute Gasteiger partial charge is 0.417 e. The second kappa shape index (κ2) is 5.28. The zero-order valence-electron chi connectivity index (χ0n) is 8.59. The van der Waals surface area contributed by atoms with Crippen molar-refractivity contribution in [2.75, 3.05) is 6.61 Å². The molecule has 0 aliphatic carbocycles. The maximum Gasteiger partial charge on any atom is 0.417 e. The maximum atomic E-state index is 10.5. The predicted molar refractivity (Wildman–Crippen MR) is 50.4 cm³/mol. The summed E-state index contributed by atoms with van der Waals surface area (Å²) in [5.41, 5.74) is -0.256. The average Bonchev–Trinajstić information content (AvgIpc) is 2.03. The summed E-state index contributed by atoms with van der Waals surface area (Å²) in [6.45, 7) is 5.61. The van der Waals surface area contributed by atoms with Crippen LogP contribution in [0.4, 0.5) is 0 Å². The van der Waals surface area contributed by atoms with Crippen molar-refractivity contribution in [1.82, 2.24) is 0 Å². The molecule has 0 saturated carbocycles. The van der Waals surface area contributed by atoms with E-state index in [0.29, 0.717) is 6.42 Å². The standard InChI is InChI=1S/C10H14O4/c1-4-5-10(2,3)6-7-14-9(13)8(11)12/h6-7H2,1-3H3,(H,11,12). The van der Waals surface area contributed by atoms with E-state index in [4.69, 9.17) is 5.11 Å². The van der Waals surface area contributed by atoms with E-state index < -0.39 is 11.9 Å². The van der Waals surface area contributed by atoms with Gasteiger partial charge in [0.25, 0.3) is 0 Å². The van der Waals surface area contributed by atoms with Gasteiger partial charge in [-0.1, -0.05) is 5.92 Å². The summed E-state index contributed by atoms with van der Waals surface area (Å²) in [7, 11) is 0. The lowest BCUT2D eigenvalue weighted by Gasteiger charge is -2.16. The zero-order chi connectivity index (χ0) is 11.2. The van der Waals surface area contributed by atoms with Crippen LogP contribution in [-0.2, 0) is 14.3 Å². The van der Waals surface area contributed by atoms with Gasteiger partial charge in [0.2, 0.25) is 0 Å². The van der Waals surface area contributed by atoms with Crippen LogP contribution in [0, 0.1) is 17.3 Å². The Morgan fingerprint density at radius 2 is 2.00 bits per heavy atom. The first-order valence-corrected chi connectivity index (χ1v) is 4.23. The number of esters is 1. The lowest BCUT2D eigenvalue weighted by Crippen LogP contribution is -2.20. The van der Waals surface area contributed by atoms with E-state index in [-0.39, 0.29) is 12.0 Å². The fourth-order valence-electron chi connectivity index (χ4n) is 0.862. The van der Waals surface area contributed by atoms with E-state index in [2.05, 4.69) is 16.6 Å². The Morgan fingerprint density at radius 3 is 2.43 bits per heavy atom. The van der Waals surface area contributed by atoms with Gasteiger partial charge in [0.1, 0.15) is 0 Å².